The predicted octanol–water partition coefficient (Wildman–Crippen LogP) is 1.55. The molecule has 0 aliphatic rings. The van der Waals surface area contributed by atoms with Crippen LogP contribution in [-0.2, 0) is 0 Å². The molecule has 0 nitrogen and oxygen atoms in total. The summed E-state index contributed by atoms with van der Waals surface area (Å²) in [6.45, 7) is 0. The molecule has 5 heavy (non-hydrogen) atoms. The Morgan fingerprint density at radius 3 is 3.20 bits per heavy atom. The minimum Gasteiger partial charge on any atom is -0.143 e. The summed E-state index contributed by atoms with van der Waals surface area (Å²) in [5.74, 6) is 0. The van der Waals surface area contributed by atoms with Gasteiger partial charge in [-0.2, -0.15) is 0 Å². The quantitative estimate of drug-likeness (QED) is 0.450. The molecule has 0 fully saturated rings. The molecule has 1 rings (SSSR count). The monoisotopic (exact) mass is 87.0 g/mol. The molecule has 0 N–H and O–H groups in total. The second-order valence-corrected chi connectivity index (χ2v) is 1.28. The minimum atomic E-state index is 0.199. The second kappa shape index (κ2) is 1.22. The highest BCUT2D eigenvalue weighted by molar-refractivity contribution is 7.07. The predicted molar refractivity (Wildman–Crippen MR) is 23.2 cm³/mol. The molecule has 0 aliphatic heterocycles. The van der Waals surface area contributed by atoms with Crippen LogP contribution in [0.4, 0.5) is 0 Å². The van der Waals surface area contributed by atoms with Crippen molar-refractivity contribution in [1.29, 1.82) is 0 Å². The number of rotatable bonds is 0. The van der Waals surface area contributed by atoms with Crippen LogP contribution in [0.5, 0.6) is 0 Å². The maximum absolute atomic E-state index is 6.89. The fourth-order valence-electron chi connectivity index (χ4n) is 0.147. The zero-order chi connectivity index (χ0) is 5.28. The SMILES string of the molecule is [3H]c1[c]scc1[3H]. The van der Waals surface area contributed by atoms with Crippen LogP contribution in [0.15, 0.2) is 17.5 Å². The van der Waals surface area contributed by atoms with E-state index in [0.29, 0.717) is 0 Å². The van der Waals surface area contributed by atoms with Crippen molar-refractivity contribution in [2.24, 2.45) is 0 Å². The fraction of sp³-hybridized carbons (Fsp3) is 0. The Morgan fingerprint density at radius 1 is 2.00 bits per heavy atom. The van der Waals surface area contributed by atoms with Crippen LogP contribution in [0.1, 0.15) is 2.74 Å². The van der Waals surface area contributed by atoms with Gasteiger partial charge >= 0.3 is 0 Å². The molecular weight excluding hydrogens is 80.1 g/mol. The highest BCUT2D eigenvalue weighted by Crippen LogP contribution is 1.90. The lowest BCUT2D eigenvalue weighted by Crippen LogP contribution is -1.17. The van der Waals surface area contributed by atoms with E-state index < -0.39 is 0 Å². The molecule has 1 heteroatoms. The van der Waals surface area contributed by atoms with Crippen LogP contribution in [0.25, 0.3) is 0 Å². The third kappa shape index (κ3) is 0.484. The molecule has 0 atom stereocenters. The summed E-state index contributed by atoms with van der Waals surface area (Å²) in [5, 5.41) is 4.17. The second-order valence-electron chi connectivity index (χ2n) is 0.607. The van der Waals surface area contributed by atoms with E-state index in [0.717, 1.165) is 0 Å². The van der Waals surface area contributed by atoms with E-state index in [2.05, 4.69) is 5.38 Å². The lowest BCUT2D eigenvalue weighted by Gasteiger charge is -1.38. The number of hydrogen-bond donors (Lipinski definition) is 0. The van der Waals surface area contributed by atoms with E-state index in [1.165, 1.54) is 11.3 Å². The molecular formula is C4H3S. The maximum atomic E-state index is 6.89. The van der Waals surface area contributed by atoms with Gasteiger partial charge in [0.05, 0.1) is 2.74 Å². The van der Waals surface area contributed by atoms with Crippen LogP contribution in [0.2, 0.25) is 0 Å². The lowest BCUT2D eigenvalue weighted by molar-refractivity contribution is 2.01. The molecule has 1 aromatic heterocycles. The first-order chi connectivity index (χ1) is 3.30. The van der Waals surface area contributed by atoms with Crippen molar-refractivity contribution in [3.05, 3.63) is 22.8 Å². The van der Waals surface area contributed by atoms with Gasteiger partial charge in [0, 0.05) is 5.38 Å². The molecule has 0 amide bonds. The lowest BCUT2D eigenvalue weighted by atomic mass is 10.7. The summed E-state index contributed by atoms with van der Waals surface area (Å²) < 4.78 is 13.8. The maximum Gasteiger partial charge on any atom is 0.0638 e. The summed E-state index contributed by atoms with van der Waals surface area (Å²) >= 11 is 1.27. The van der Waals surface area contributed by atoms with E-state index in [9.17, 15) is 0 Å². The minimum absolute atomic E-state index is 0.199. The average Bonchev–Trinajstić information content (AvgIpc) is 1.91. The molecule has 0 aromatic carbocycles. The average molecular weight is 87.2 g/mol. The van der Waals surface area contributed by atoms with Gasteiger partial charge in [0.1, 0.15) is 0 Å². The Balaban J connectivity index is 3.12. The van der Waals surface area contributed by atoms with Crippen LogP contribution in [-0.4, -0.2) is 0 Å². The Labute approximate surface area is 37.9 Å². The van der Waals surface area contributed by atoms with Gasteiger partial charge in [0.15, 0.2) is 0 Å². The fourth-order valence-corrected chi connectivity index (χ4v) is 0.442. The number of thiophene rings is 1. The molecule has 25 valence electrons. The van der Waals surface area contributed by atoms with Gasteiger partial charge in [0.2, 0.25) is 0 Å². The largest absolute Gasteiger partial charge is 0.143 e. The highest BCUT2D eigenvalue weighted by Gasteiger charge is 1.60. The highest BCUT2D eigenvalue weighted by atomic mass is 32.1. The number of hydrogen-bond acceptors (Lipinski definition) is 1. The Morgan fingerprint density at radius 2 is 3.00 bits per heavy atom. The zero-order valence-electron chi connectivity index (χ0n) is 4.49. The van der Waals surface area contributed by atoms with Crippen molar-refractivity contribution in [3.8, 4) is 0 Å². The van der Waals surface area contributed by atoms with Crippen LogP contribution in [0.3, 0.4) is 0 Å². The third-order valence-electron chi connectivity index (χ3n) is 0.300. The third-order valence-corrected chi connectivity index (χ3v) is 0.756. The Kier molecular flexibility index (Phi) is 0.350. The van der Waals surface area contributed by atoms with E-state index in [4.69, 9.17) is 2.74 Å². The standard InChI is InChI=1S/C4H3S/c1-2-4-5-3-1/h1-3H/i1T,2T. The molecule has 1 heterocycles. The smallest absolute Gasteiger partial charge is 0.0638 e. The normalized spacial score (nSPS) is 13.6. The first kappa shape index (κ1) is 1.43. The van der Waals surface area contributed by atoms with Crippen molar-refractivity contribution in [2.75, 3.05) is 0 Å². The topological polar surface area (TPSA) is 0 Å². The molecule has 0 unspecified atom stereocenters. The van der Waals surface area contributed by atoms with Crippen molar-refractivity contribution < 1.29 is 2.74 Å². The van der Waals surface area contributed by atoms with Gasteiger partial charge in [-0.25, -0.2) is 0 Å². The van der Waals surface area contributed by atoms with Gasteiger partial charge in [-0.15, -0.1) is 11.3 Å². The first-order valence-corrected chi connectivity index (χ1v) is 2.11. The molecule has 1 radical (unpaired) electrons. The summed E-state index contributed by atoms with van der Waals surface area (Å²) in [5.41, 5.74) is 0. The molecule has 0 saturated heterocycles. The summed E-state index contributed by atoms with van der Waals surface area (Å²) in [6, 6.07) is 0.468. The van der Waals surface area contributed by atoms with Gasteiger partial charge in [-0.1, -0.05) is 6.04 Å². The van der Waals surface area contributed by atoms with E-state index in [-0.39, 0.29) is 12.1 Å². The van der Waals surface area contributed by atoms with Gasteiger partial charge in [-0.05, 0) is 11.4 Å². The molecule has 0 saturated carbocycles. The van der Waals surface area contributed by atoms with E-state index in [1.54, 1.807) is 5.38 Å². The summed E-state index contributed by atoms with van der Waals surface area (Å²) in [7, 11) is 0. The van der Waals surface area contributed by atoms with Crippen molar-refractivity contribution in [3.63, 3.8) is 0 Å². The van der Waals surface area contributed by atoms with Crippen molar-refractivity contribution in [1.82, 2.24) is 0 Å². The van der Waals surface area contributed by atoms with E-state index >= 15 is 0 Å². The molecule has 1 aromatic rings. The Bertz CT molecular complexity index is 142. The van der Waals surface area contributed by atoms with Crippen LogP contribution in [0, 0.1) is 5.38 Å². The molecule has 0 bridgehead atoms. The van der Waals surface area contributed by atoms with Crippen LogP contribution >= 0.6 is 11.3 Å². The van der Waals surface area contributed by atoms with Crippen molar-refractivity contribution >= 4 is 11.3 Å². The summed E-state index contributed by atoms with van der Waals surface area (Å²) in [4.78, 5) is 0. The van der Waals surface area contributed by atoms with Gasteiger partial charge in [0.25, 0.3) is 0 Å². The van der Waals surface area contributed by atoms with Gasteiger partial charge < -0.3 is 0 Å². The van der Waals surface area contributed by atoms with E-state index in [1.807, 2.05) is 0 Å². The Hall–Kier alpha value is -0.300. The van der Waals surface area contributed by atoms with Crippen molar-refractivity contribution in [2.45, 2.75) is 0 Å². The zero-order valence-corrected chi connectivity index (χ0v) is 3.30. The molecule has 0 aliphatic carbocycles. The molecule has 0 spiro atoms. The van der Waals surface area contributed by atoms with Gasteiger partial charge in [-0.3, -0.25) is 0 Å². The van der Waals surface area contributed by atoms with Crippen LogP contribution < -0.4 is 0 Å². The first-order valence-electron chi connectivity index (χ1n) is 2.23. The summed E-state index contributed by atoms with van der Waals surface area (Å²) in [6.07, 6.45) is 0.